The van der Waals surface area contributed by atoms with E-state index in [4.69, 9.17) is 4.74 Å². The SMILES string of the molecule is CN1CCN(C(=O)C2CCN(C(=O)OC(C)(C)C)CC2)[C@H](c2ccccc2)C1. The van der Waals surface area contributed by atoms with Gasteiger partial charge < -0.3 is 19.4 Å². The van der Waals surface area contributed by atoms with Crippen LogP contribution in [0.4, 0.5) is 4.79 Å². The van der Waals surface area contributed by atoms with Crippen LogP contribution >= 0.6 is 0 Å². The largest absolute Gasteiger partial charge is 0.444 e. The summed E-state index contributed by atoms with van der Waals surface area (Å²) in [6.45, 7) is 9.28. The van der Waals surface area contributed by atoms with Crippen molar-refractivity contribution < 1.29 is 14.3 Å². The van der Waals surface area contributed by atoms with E-state index in [0.29, 0.717) is 25.9 Å². The van der Waals surface area contributed by atoms with Gasteiger partial charge in [0.15, 0.2) is 0 Å². The van der Waals surface area contributed by atoms with Gasteiger partial charge in [0.25, 0.3) is 0 Å². The maximum Gasteiger partial charge on any atom is 0.410 e. The number of piperazine rings is 1. The van der Waals surface area contributed by atoms with E-state index in [2.05, 4.69) is 29.0 Å². The monoisotopic (exact) mass is 387 g/mol. The number of nitrogens with zero attached hydrogens (tertiary/aromatic N) is 3. The Labute approximate surface area is 168 Å². The van der Waals surface area contributed by atoms with Crippen molar-refractivity contribution in [1.29, 1.82) is 0 Å². The molecule has 154 valence electrons. The summed E-state index contributed by atoms with van der Waals surface area (Å²) in [4.78, 5) is 31.7. The molecule has 1 atom stereocenters. The molecule has 0 aliphatic carbocycles. The van der Waals surface area contributed by atoms with E-state index in [1.165, 1.54) is 5.56 Å². The number of benzene rings is 1. The van der Waals surface area contributed by atoms with Gasteiger partial charge in [-0.25, -0.2) is 4.79 Å². The first-order valence-electron chi connectivity index (χ1n) is 10.3. The van der Waals surface area contributed by atoms with Gasteiger partial charge in [0, 0.05) is 38.6 Å². The van der Waals surface area contributed by atoms with Crippen molar-refractivity contribution in [2.75, 3.05) is 39.8 Å². The van der Waals surface area contributed by atoms with Gasteiger partial charge in [0.1, 0.15) is 5.60 Å². The predicted octanol–water partition coefficient (Wildman–Crippen LogP) is 3.15. The summed E-state index contributed by atoms with van der Waals surface area (Å²) in [6, 6.07) is 10.4. The van der Waals surface area contributed by atoms with Gasteiger partial charge in [-0.3, -0.25) is 4.79 Å². The van der Waals surface area contributed by atoms with Crippen LogP contribution in [0.15, 0.2) is 30.3 Å². The van der Waals surface area contributed by atoms with Gasteiger partial charge in [-0.15, -0.1) is 0 Å². The number of amides is 2. The minimum atomic E-state index is -0.494. The van der Waals surface area contributed by atoms with Crippen LogP contribution in [-0.2, 0) is 9.53 Å². The highest BCUT2D eigenvalue weighted by molar-refractivity contribution is 5.80. The average molecular weight is 388 g/mol. The van der Waals surface area contributed by atoms with Gasteiger partial charge in [0.2, 0.25) is 5.91 Å². The number of ether oxygens (including phenoxy) is 1. The maximum atomic E-state index is 13.3. The van der Waals surface area contributed by atoms with Gasteiger partial charge in [-0.1, -0.05) is 30.3 Å². The second-order valence-electron chi connectivity index (χ2n) is 8.96. The molecule has 2 aliphatic rings. The quantitative estimate of drug-likeness (QED) is 0.782. The number of carbonyl (C=O) groups excluding carboxylic acids is 2. The van der Waals surface area contributed by atoms with Gasteiger partial charge in [-0.05, 0) is 46.2 Å². The molecule has 0 spiro atoms. The fourth-order valence-electron chi connectivity index (χ4n) is 4.01. The Kier molecular flexibility index (Phi) is 6.28. The number of likely N-dealkylation sites (N-methyl/N-ethyl adjacent to an activating group) is 1. The summed E-state index contributed by atoms with van der Waals surface area (Å²) < 4.78 is 5.46. The van der Waals surface area contributed by atoms with E-state index in [-0.39, 0.29) is 24.0 Å². The first-order chi connectivity index (χ1) is 13.2. The number of likely N-dealkylation sites (tertiary alicyclic amines) is 1. The van der Waals surface area contributed by atoms with Crippen molar-refractivity contribution in [2.45, 2.75) is 45.3 Å². The van der Waals surface area contributed by atoms with Crippen LogP contribution < -0.4 is 0 Å². The highest BCUT2D eigenvalue weighted by Gasteiger charge is 2.36. The van der Waals surface area contributed by atoms with Crippen molar-refractivity contribution in [3.63, 3.8) is 0 Å². The standard InChI is InChI=1S/C22H33N3O3/c1-22(2,3)28-21(27)24-12-10-18(11-13-24)20(26)25-15-14-23(4)16-19(25)17-8-6-5-7-9-17/h5-9,18-19H,10-16H2,1-4H3/t19-/m0/s1. The van der Waals surface area contributed by atoms with Crippen LogP contribution in [0.3, 0.4) is 0 Å². The maximum absolute atomic E-state index is 13.3. The van der Waals surface area contributed by atoms with Crippen molar-refractivity contribution in [2.24, 2.45) is 5.92 Å². The molecule has 0 unspecified atom stereocenters. The zero-order valence-electron chi connectivity index (χ0n) is 17.6. The third-order valence-corrected chi connectivity index (χ3v) is 5.55. The fraction of sp³-hybridized carbons (Fsp3) is 0.636. The molecule has 6 heteroatoms. The first kappa shape index (κ1) is 20.6. The molecule has 1 aromatic carbocycles. The average Bonchev–Trinajstić information content (AvgIpc) is 2.67. The summed E-state index contributed by atoms with van der Waals surface area (Å²) in [6.07, 6.45) is 1.12. The molecular formula is C22H33N3O3. The van der Waals surface area contributed by atoms with Gasteiger partial charge in [-0.2, -0.15) is 0 Å². The number of rotatable bonds is 2. The van der Waals surface area contributed by atoms with Crippen molar-refractivity contribution in [3.8, 4) is 0 Å². The van der Waals surface area contributed by atoms with E-state index in [1.807, 2.05) is 39.0 Å². The minimum absolute atomic E-state index is 0.0201. The Morgan fingerprint density at radius 3 is 2.25 bits per heavy atom. The molecule has 2 fully saturated rings. The second-order valence-corrected chi connectivity index (χ2v) is 8.96. The minimum Gasteiger partial charge on any atom is -0.444 e. The van der Waals surface area contributed by atoms with Crippen molar-refractivity contribution in [1.82, 2.24) is 14.7 Å². The van der Waals surface area contributed by atoms with Crippen LogP contribution in [0.25, 0.3) is 0 Å². The molecule has 28 heavy (non-hydrogen) atoms. The molecule has 0 saturated carbocycles. The lowest BCUT2D eigenvalue weighted by Gasteiger charge is -2.43. The molecule has 2 saturated heterocycles. The number of piperidine rings is 1. The molecular weight excluding hydrogens is 354 g/mol. The zero-order valence-corrected chi connectivity index (χ0v) is 17.6. The van der Waals surface area contributed by atoms with Crippen LogP contribution in [0.5, 0.6) is 0 Å². The summed E-state index contributed by atoms with van der Waals surface area (Å²) in [5.74, 6) is 0.207. The molecule has 0 bridgehead atoms. The molecule has 2 amide bonds. The zero-order chi connectivity index (χ0) is 20.3. The lowest BCUT2D eigenvalue weighted by Crippen LogP contribution is -2.52. The van der Waals surface area contributed by atoms with Crippen LogP contribution in [-0.4, -0.2) is 72.1 Å². The Bertz CT molecular complexity index is 678. The van der Waals surface area contributed by atoms with Crippen molar-refractivity contribution >= 4 is 12.0 Å². The van der Waals surface area contributed by atoms with E-state index in [0.717, 1.165) is 19.6 Å². The molecule has 0 aromatic heterocycles. The molecule has 0 radical (unpaired) electrons. The molecule has 3 rings (SSSR count). The summed E-state index contributed by atoms with van der Waals surface area (Å²) in [5, 5.41) is 0. The highest BCUT2D eigenvalue weighted by Crippen LogP contribution is 2.29. The number of carbonyl (C=O) groups is 2. The Balaban J connectivity index is 1.63. The third-order valence-electron chi connectivity index (χ3n) is 5.55. The number of hydrogen-bond donors (Lipinski definition) is 0. The highest BCUT2D eigenvalue weighted by atomic mass is 16.6. The molecule has 2 aliphatic heterocycles. The molecule has 6 nitrogen and oxygen atoms in total. The van der Waals surface area contributed by atoms with Crippen LogP contribution in [0.1, 0.15) is 45.2 Å². The van der Waals surface area contributed by atoms with E-state index in [9.17, 15) is 9.59 Å². The Morgan fingerprint density at radius 2 is 1.64 bits per heavy atom. The van der Waals surface area contributed by atoms with Crippen molar-refractivity contribution in [3.05, 3.63) is 35.9 Å². The summed E-state index contributed by atoms with van der Waals surface area (Å²) in [7, 11) is 2.11. The lowest BCUT2D eigenvalue weighted by molar-refractivity contribution is -0.142. The Hall–Kier alpha value is -2.08. The van der Waals surface area contributed by atoms with E-state index < -0.39 is 5.60 Å². The topological polar surface area (TPSA) is 53.1 Å². The number of hydrogen-bond acceptors (Lipinski definition) is 4. The summed E-state index contributed by atoms with van der Waals surface area (Å²) >= 11 is 0. The summed E-state index contributed by atoms with van der Waals surface area (Å²) in [5.41, 5.74) is 0.695. The van der Waals surface area contributed by atoms with Crippen LogP contribution in [0, 0.1) is 5.92 Å². The van der Waals surface area contributed by atoms with Crippen LogP contribution in [0.2, 0.25) is 0 Å². The first-order valence-corrected chi connectivity index (χ1v) is 10.3. The molecule has 2 heterocycles. The van der Waals surface area contributed by atoms with Gasteiger partial charge in [0.05, 0.1) is 6.04 Å². The third kappa shape index (κ3) is 5.04. The lowest BCUT2D eigenvalue weighted by atomic mass is 9.93. The molecule has 1 aromatic rings. The van der Waals surface area contributed by atoms with Gasteiger partial charge >= 0.3 is 6.09 Å². The normalized spacial score (nSPS) is 22.2. The Morgan fingerprint density at radius 1 is 1.00 bits per heavy atom. The second kappa shape index (κ2) is 8.52. The predicted molar refractivity (Wildman–Crippen MR) is 109 cm³/mol. The van der Waals surface area contributed by atoms with E-state index >= 15 is 0 Å². The molecule has 0 N–H and O–H groups in total. The fourth-order valence-corrected chi connectivity index (χ4v) is 4.01. The smallest absolute Gasteiger partial charge is 0.410 e. The van der Waals surface area contributed by atoms with E-state index in [1.54, 1.807) is 4.90 Å².